The highest BCUT2D eigenvalue weighted by molar-refractivity contribution is 6.02. The molecule has 1 amide bonds. The molecule has 5 nitrogen and oxygen atoms in total. The van der Waals surface area contributed by atoms with Gasteiger partial charge in [0.1, 0.15) is 6.26 Å². The van der Waals surface area contributed by atoms with Crippen LogP contribution in [0.15, 0.2) is 34.9 Å². The van der Waals surface area contributed by atoms with E-state index in [2.05, 4.69) is 17.2 Å². The van der Waals surface area contributed by atoms with Gasteiger partial charge in [0.2, 0.25) is 5.89 Å². The van der Waals surface area contributed by atoms with Crippen molar-refractivity contribution >= 4 is 11.6 Å². The fourth-order valence-electron chi connectivity index (χ4n) is 1.80. The third-order valence-electron chi connectivity index (χ3n) is 3.10. The van der Waals surface area contributed by atoms with Crippen LogP contribution in [0.5, 0.6) is 0 Å². The molecule has 0 saturated carbocycles. The molecular weight excluding hydrogens is 254 g/mol. The van der Waals surface area contributed by atoms with Gasteiger partial charge in [0.25, 0.3) is 5.91 Å². The molecule has 0 bridgehead atoms. The second-order valence-corrected chi connectivity index (χ2v) is 4.59. The third-order valence-corrected chi connectivity index (χ3v) is 3.10. The fourth-order valence-corrected chi connectivity index (χ4v) is 1.80. The van der Waals surface area contributed by atoms with Crippen molar-refractivity contribution in [3.8, 4) is 0 Å². The zero-order chi connectivity index (χ0) is 14.5. The summed E-state index contributed by atoms with van der Waals surface area (Å²) in [4.78, 5) is 16.2. The lowest BCUT2D eigenvalue weighted by atomic mass is 10.1. The number of aryl methyl sites for hydroxylation is 1. The lowest BCUT2D eigenvalue weighted by Crippen LogP contribution is -2.14. The number of rotatable bonds is 5. The molecule has 1 atom stereocenters. The lowest BCUT2D eigenvalue weighted by Gasteiger charge is -2.04. The second kappa shape index (κ2) is 6.34. The van der Waals surface area contributed by atoms with Crippen molar-refractivity contribution in [1.29, 1.82) is 0 Å². The van der Waals surface area contributed by atoms with Crippen LogP contribution in [0.2, 0.25) is 0 Å². The smallest absolute Gasteiger partial charge is 0.277 e. The van der Waals surface area contributed by atoms with E-state index in [1.165, 1.54) is 6.26 Å². The molecule has 1 aromatic heterocycles. The molecule has 2 aromatic rings. The molecule has 1 heterocycles. The average molecular weight is 273 g/mol. The van der Waals surface area contributed by atoms with Crippen molar-refractivity contribution in [2.75, 3.05) is 5.32 Å². The summed E-state index contributed by atoms with van der Waals surface area (Å²) in [6, 6.07) is 7.44. The van der Waals surface area contributed by atoms with Crippen LogP contribution in [0.4, 0.5) is 5.69 Å². The van der Waals surface area contributed by atoms with Crippen molar-refractivity contribution in [1.82, 2.24) is 4.98 Å². The van der Waals surface area contributed by atoms with Crippen molar-refractivity contribution in [2.45, 2.75) is 32.7 Å². The van der Waals surface area contributed by atoms with Crippen LogP contribution in [-0.4, -0.2) is 10.9 Å². The summed E-state index contributed by atoms with van der Waals surface area (Å²) in [6.45, 7) is 4.00. The normalized spacial score (nSPS) is 12.2. The van der Waals surface area contributed by atoms with Gasteiger partial charge < -0.3 is 15.5 Å². The molecule has 0 fully saturated rings. The summed E-state index contributed by atoms with van der Waals surface area (Å²) in [7, 11) is 0. The van der Waals surface area contributed by atoms with E-state index in [4.69, 9.17) is 10.2 Å². The molecule has 0 aliphatic rings. The van der Waals surface area contributed by atoms with E-state index in [1.54, 1.807) is 0 Å². The quantitative estimate of drug-likeness (QED) is 0.877. The monoisotopic (exact) mass is 273 g/mol. The van der Waals surface area contributed by atoms with Crippen LogP contribution >= 0.6 is 0 Å². The summed E-state index contributed by atoms with van der Waals surface area (Å²) >= 11 is 0. The molecule has 0 aliphatic heterocycles. The first-order valence-corrected chi connectivity index (χ1v) is 6.75. The maximum atomic E-state index is 12.1. The van der Waals surface area contributed by atoms with E-state index in [-0.39, 0.29) is 17.6 Å². The molecule has 20 heavy (non-hydrogen) atoms. The Hall–Kier alpha value is -2.14. The Kier molecular flexibility index (Phi) is 4.53. The molecule has 0 aliphatic carbocycles. The number of aromatic nitrogens is 1. The van der Waals surface area contributed by atoms with Crippen molar-refractivity contribution < 1.29 is 9.21 Å². The number of hydrogen-bond donors (Lipinski definition) is 2. The first-order valence-electron chi connectivity index (χ1n) is 6.75. The van der Waals surface area contributed by atoms with Gasteiger partial charge in [-0.25, -0.2) is 4.98 Å². The van der Waals surface area contributed by atoms with Gasteiger partial charge in [-0.15, -0.1) is 0 Å². The fraction of sp³-hybridized carbons (Fsp3) is 0.333. The van der Waals surface area contributed by atoms with Crippen LogP contribution in [-0.2, 0) is 6.42 Å². The van der Waals surface area contributed by atoms with Gasteiger partial charge in [-0.1, -0.05) is 26.0 Å². The predicted molar refractivity (Wildman–Crippen MR) is 77.5 cm³/mol. The first kappa shape index (κ1) is 14.3. The number of nitrogens with zero attached hydrogens (tertiary/aromatic N) is 1. The lowest BCUT2D eigenvalue weighted by molar-refractivity contribution is 0.102. The highest BCUT2D eigenvalue weighted by Gasteiger charge is 2.15. The van der Waals surface area contributed by atoms with E-state index in [1.807, 2.05) is 31.2 Å². The van der Waals surface area contributed by atoms with Crippen molar-refractivity contribution in [3.63, 3.8) is 0 Å². The Bertz CT molecular complexity index is 592. The largest absolute Gasteiger partial charge is 0.446 e. The number of hydrogen-bond acceptors (Lipinski definition) is 4. The van der Waals surface area contributed by atoms with Crippen molar-refractivity contribution in [2.24, 2.45) is 5.73 Å². The molecule has 2 rings (SSSR count). The molecular formula is C15H19N3O2. The van der Waals surface area contributed by atoms with E-state index in [0.717, 1.165) is 17.7 Å². The Morgan fingerprint density at radius 1 is 1.45 bits per heavy atom. The van der Waals surface area contributed by atoms with Crippen LogP contribution < -0.4 is 11.1 Å². The molecule has 0 radical (unpaired) electrons. The summed E-state index contributed by atoms with van der Waals surface area (Å²) in [5.41, 5.74) is 7.96. The predicted octanol–water partition coefficient (Wildman–Crippen LogP) is 2.90. The number of oxazole rings is 1. The topological polar surface area (TPSA) is 81.2 Å². The van der Waals surface area contributed by atoms with E-state index >= 15 is 0 Å². The van der Waals surface area contributed by atoms with Gasteiger partial charge in [-0.2, -0.15) is 0 Å². The third kappa shape index (κ3) is 3.24. The van der Waals surface area contributed by atoms with Gasteiger partial charge in [-0.05, 0) is 30.5 Å². The molecule has 0 spiro atoms. The standard InChI is InChI=1S/C15H19N3O2/c1-3-10-6-5-7-11(8-10)17-14(19)13-9-20-15(18-13)12(16)4-2/h5-9,12H,3-4,16H2,1-2H3,(H,17,19). The number of anilines is 1. The average Bonchev–Trinajstić information content (AvgIpc) is 2.96. The molecule has 106 valence electrons. The Morgan fingerprint density at radius 2 is 2.25 bits per heavy atom. The second-order valence-electron chi connectivity index (χ2n) is 4.59. The van der Waals surface area contributed by atoms with Crippen LogP contribution in [0.1, 0.15) is 48.3 Å². The molecule has 5 heteroatoms. The van der Waals surface area contributed by atoms with Gasteiger partial charge in [0.05, 0.1) is 6.04 Å². The first-order chi connectivity index (χ1) is 9.63. The van der Waals surface area contributed by atoms with Crippen LogP contribution in [0, 0.1) is 0 Å². The van der Waals surface area contributed by atoms with E-state index < -0.39 is 0 Å². The number of carbonyl (C=O) groups is 1. The number of nitrogens with two attached hydrogens (primary N) is 1. The zero-order valence-corrected chi connectivity index (χ0v) is 11.7. The number of nitrogens with one attached hydrogen (secondary N) is 1. The van der Waals surface area contributed by atoms with Crippen LogP contribution in [0.3, 0.4) is 0 Å². The summed E-state index contributed by atoms with van der Waals surface area (Å²) in [6.07, 6.45) is 2.97. The summed E-state index contributed by atoms with van der Waals surface area (Å²) in [5, 5.41) is 2.80. The Balaban J connectivity index is 2.09. The number of amides is 1. The minimum Gasteiger partial charge on any atom is -0.446 e. The SMILES string of the molecule is CCc1cccc(NC(=O)c2coc(C(N)CC)n2)c1. The molecule has 3 N–H and O–H groups in total. The van der Waals surface area contributed by atoms with E-state index in [0.29, 0.717) is 12.3 Å². The minimum absolute atomic E-state index is 0.241. The highest BCUT2D eigenvalue weighted by Crippen LogP contribution is 2.15. The number of carbonyl (C=O) groups excluding carboxylic acids is 1. The Morgan fingerprint density at radius 3 is 2.95 bits per heavy atom. The summed E-state index contributed by atoms with van der Waals surface area (Å²) in [5.74, 6) is 0.0940. The highest BCUT2D eigenvalue weighted by atomic mass is 16.3. The maximum absolute atomic E-state index is 12.1. The van der Waals surface area contributed by atoms with Gasteiger partial charge in [-0.3, -0.25) is 4.79 Å². The molecule has 1 unspecified atom stereocenters. The minimum atomic E-state index is -0.295. The van der Waals surface area contributed by atoms with Crippen molar-refractivity contribution in [3.05, 3.63) is 47.7 Å². The van der Waals surface area contributed by atoms with Gasteiger partial charge in [0, 0.05) is 5.69 Å². The zero-order valence-electron chi connectivity index (χ0n) is 11.7. The van der Waals surface area contributed by atoms with Gasteiger partial charge in [0.15, 0.2) is 5.69 Å². The maximum Gasteiger partial charge on any atom is 0.277 e. The van der Waals surface area contributed by atoms with E-state index in [9.17, 15) is 4.79 Å². The molecule has 1 aromatic carbocycles. The summed E-state index contributed by atoms with van der Waals surface area (Å²) < 4.78 is 5.22. The van der Waals surface area contributed by atoms with Crippen LogP contribution in [0.25, 0.3) is 0 Å². The Labute approximate surface area is 118 Å². The van der Waals surface area contributed by atoms with Gasteiger partial charge >= 0.3 is 0 Å². The number of benzene rings is 1. The molecule has 0 saturated heterocycles.